The maximum atomic E-state index is 13.0. The van der Waals surface area contributed by atoms with Crippen LogP contribution in [0.25, 0.3) is 0 Å². The third-order valence-corrected chi connectivity index (χ3v) is 23.6. The minimum atomic E-state index is -4.93. The number of hydrogen-bond donors (Lipinski definition) is 4. The number of aliphatic hydroxyl groups excluding tert-OH is 2. The number of ether oxygens (including phenoxy) is 3. The van der Waals surface area contributed by atoms with E-state index in [1.165, 1.54) is 270 Å². The number of allylic oxidation sites excluding steroid dienone is 20. The molecule has 0 heterocycles. The molecule has 5 unspecified atom stereocenters. The molecule has 18 heteroatoms. The second-order valence-corrected chi connectivity index (χ2v) is 36.4. The number of aliphatic hydroxyl groups is 2. The van der Waals surface area contributed by atoms with Crippen molar-refractivity contribution in [2.45, 2.75) is 476 Å². The lowest BCUT2D eigenvalue weighted by atomic mass is 10.0. The second-order valence-electron chi connectivity index (χ2n) is 33.5. The molecule has 0 aliphatic heterocycles. The molecule has 0 saturated heterocycles. The van der Waals surface area contributed by atoms with Crippen molar-refractivity contribution in [2.24, 2.45) is 0 Å². The second kappa shape index (κ2) is 95.1. The summed E-state index contributed by atoms with van der Waals surface area (Å²) in [5.74, 6) is -1.54. The fraction of sp³-hybridized carbons (Fsp3) is 0.777. The van der Waals surface area contributed by atoms with Crippen molar-refractivity contribution in [3.8, 4) is 0 Å². The zero-order valence-electron chi connectivity index (χ0n) is 77.7. The first kappa shape index (κ1) is 117. The number of phosphoric ester groups is 2. The number of rotatable bonds is 95. The fourth-order valence-electron chi connectivity index (χ4n) is 14.2. The Morgan fingerprint density at radius 1 is 0.240 bits per heavy atom. The summed E-state index contributed by atoms with van der Waals surface area (Å²) in [6, 6.07) is 0. The lowest BCUT2D eigenvalue weighted by Gasteiger charge is -2.21. The highest BCUT2D eigenvalue weighted by atomic mass is 31.2. The van der Waals surface area contributed by atoms with Gasteiger partial charge in [0.25, 0.3) is 0 Å². The molecule has 0 radical (unpaired) electrons. The first-order valence-corrected chi connectivity index (χ1v) is 52.8. The lowest BCUT2D eigenvalue weighted by Crippen LogP contribution is -2.30. The van der Waals surface area contributed by atoms with Gasteiger partial charge < -0.3 is 34.2 Å². The summed E-state index contributed by atoms with van der Waals surface area (Å²) in [6.07, 6.45) is 119. The summed E-state index contributed by atoms with van der Waals surface area (Å²) in [4.78, 5) is 59.0. The maximum absolute atomic E-state index is 13.0. The third kappa shape index (κ3) is 96.4. The summed E-state index contributed by atoms with van der Waals surface area (Å²) >= 11 is 0. The van der Waals surface area contributed by atoms with Crippen LogP contribution in [0.2, 0.25) is 0 Å². The molecule has 0 aliphatic carbocycles. The molecular weight excluding hydrogens is 1560 g/mol. The Morgan fingerprint density at radius 2 is 0.438 bits per heavy atom. The molecule has 121 heavy (non-hydrogen) atoms. The van der Waals surface area contributed by atoms with Gasteiger partial charge in [-0.05, 0) is 109 Å². The van der Waals surface area contributed by atoms with Gasteiger partial charge in [-0.2, -0.15) is 0 Å². The van der Waals surface area contributed by atoms with E-state index < -0.39 is 91.5 Å². The van der Waals surface area contributed by atoms with Gasteiger partial charge in [0.2, 0.25) is 0 Å². The van der Waals surface area contributed by atoms with Crippen LogP contribution in [0.3, 0.4) is 0 Å². The van der Waals surface area contributed by atoms with E-state index in [0.29, 0.717) is 19.3 Å². The van der Waals surface area contributed by atoms with E-state index in [2.05, 4.69) is 142 Å². The molecule has 702 valence electrons. The average Bonchev–Trinajstić information content (AvgIpc) is 0.890. The number of carbonyl (C=O) groups excluding carboxylic acids is 3. The molecule has 0 saturated carbocycles. The molecule has 16 nitrogen and oxygen atoms in total. The van der Waals surface area contributed by atoms with Crippen molar-refractivity contribution in [1.29, 1.82) is 0 Å². The van der Waals surface area contributed by atoms with Crippen molar-refractivity contribution in [1.82, 2.24) is 0 Å². The Bertz CT molecular complexity index is 2680. The van der Waals surface area contributed by atoms with Crippen LogP contribution in [0.5, 0.6) is 0 Å². The SMILES string of the molecule is CC/C=C\C/C=C\C/C=C\C/C=C\C/C=C\CCCCCCCCCCCCCCCCCCCCCC(=O)OCC(O)COP(=O)(O)OCC(O)COP(=O)(O)OCC(COC(=O)CCCCCCCCCCCCCCCCCCCCC/C=C\C/C=C\C/C=C\C/C=C\C/C=C\CC)OC(=O)CCCCCCCCCCCCCCCCC. The molecule has 0 fully saturated rings. The van der Waals surface area contributed by atoms with E-state index in [1.54, 1.807) is 0 Å². The van der Waals surface area contributed by atoms with Crippen LogP contribution < -0.4 is 0 Å². The quantitative estimate of drug-likeness (QED) is 0.0146. The van der Waals surface area contributed by atoms with Crippen molar-refractivity contribution >= 4 is 33.6 Å². The highest BCUT2D eigenvalue weighted by molar-refractivity contribution is 7.47. The van der Waals surface area contributed by atoms with E-state index in [-0.39, 0.29) is 19.3 Å². The molecule has 0 amide bonds. The van der Waals surface area contributed by atoms with Crippen molar-refractivity contribution in [3.63, 3.8) is 0 Å². The van der Waals surface area contributed by atoms with Crippen LogP contribution in [-0.2, 0) is 55.8 Å². The minimum absolute atomic E-state index is 0.111. The van der Waals surface area contributed by atoms with Crippen LogP contribution in [-0.4, -0.2) is 95.9 Å². The Labute approximate surface area is 742 Å². The van der Waals surface area contributed by atoms with Gasteiger partial charge in [0.05, 0.1) is 26.4 Å². The van der Waals surface area contributed by atoms with Crippen molar-refractivity contribution in [2.75, 3.05) is 39.6 Å². The summed E-state index contributed by atoms with van der Waals surface area (Å²) in [5, 5.41) is 20.8. The maximum Gasteiger partial charge on any atom is 0.472 e. The van der Waals surface area contributed by atoms with E-state index >= 15 is 0 Å². The topological polar surface area (TPSA) is 231 Å². The lowest BCUT2D eigenvalue weighted by molar-refractivity contribution is -0.161. The molecule has 0 rings (SSSR count). The van der Waals surface area contributed by atoms with Gasteiger partial charge in [0.1, 0.15) is 25.4 Å². The molecule has 4 N–H and O–H groups in total. The van der Waals surface area contributed by atoms with Gasteiger partial charge in [-0.15, -0.1) is 0 Å². The van der Waals surface area contributed by atoms with Gasteiger partial charge in [-0.1, -0.05) is 450 Å². The van der Waals surface area contributed by atoms with Crippen LogP contribution in [0, 0.1) is 0 Å². The number of esters is 3. The monoisotopic (exact) mass is 1740 g/mol. The Kier molecular flexibility index (Phi) is 91.9. The number of hydrogen-bond acceptors (Lipinski definition) is 14. The molecule has 5 atom stereocenters. The number of carbonyl (C=O) groups is 3. The predicted octanol–water partition coefficient (Wildman–Crippen LogP) is 31.1. The summed E-state index contributed by atoms with van der Waals surface area (Å²) in [6.45, 7) is 2.56. The average molecular weight is 1740 g/mol. The first-order valence-electron chi connectivity index (χ1n) is 49.8. The van der Waals surface area contributed by atoms with E-state index in [1.807, 2.05) is 0 Å². The summed E-state index contributed by atoms with van der Waals surface area (Å²) in [5.41, 5.74) is 0. The van der Waals surface area contributed by atoms with Crippen LogP contribution >= 0.6 is 15.6 Å². The highest BCUT2D eigenvalue weighted by Crippen LogP contribution is 2.45. The Balaban J connectivity index is 4.37. The van der Waals surface area contributed by atoms with Crippen LogP contribution in [0.15, 0.2) is 122 Å². The molecular formula is C103H184O16P2. The molecule has 0 spiro atoms. The standard InChI is InChI=1S/C103H184O16P2/c1-4-7-10-13-16-19-22-25-28-30-32-34-36-38-40-42-44-46-48-50-52-54-56-58-60-62-64-66-69-71-74-77-80-83-86-89-101(106)113-92-98(104)93-115-120(109,110)116-94-99(105)95-117-121(111,112)118-97-100(119-103(108)91-88-85-82-79-76-73-68-27-24-21-18-15-12-9-6-3)96-114-102(107)90-87-84-81-78-75-72-70-67-65-63-61-59-57-55-53-51-49-47-45-43-41-39-37-35-33-31-29-26-23-20-17-14-11-8-5-2/h7-8,10-11,16-17,19-20,25-26,28-29,32-35,38-41,98-100,104-105H,4-6,9,12-15,18,21-24,27,30-31,36-37,42-97H2,1-3H3,(H,109,110)(H,111,112)/b10-7-,11-8-,19-16-,20-17-,28-25-,29-26-,34-32-,35-33-,40-38-,41-39-. The van der Waals surface area contributed by atoms with E-state index in [9.17, 15) is 43.5 Å². The molecule has 0 aromatic heterocycles. The largest absolute Gasteiger partial charge is 0.472 e. The zero-order chi connectivity index (χ0) is 87.9. The Morgan fingerprint density at radius 3 is 0.694 bits per heavy atom. The van der Waals surface area contributed by atoms with E-state index in [0.717, 1.165) is 128 Å². The molecule has 0 bridgehead atoms. The zero-order valence-corrected chi connectivity index (χ0v) is 79.5. The van der Waals surface area contributed by atoms with Crippen LogP contribution in [0.4, 0.5) is 0 Å². The normalized spacial score (nSPS) is 14.2. The van der Waals surface area contributed by atoms with Gasteiger partial charge in [0, 0.05) is 19.3 Å². The highest BCUT2D eigenvalue weighted by Gasteiger charge is 2.30. The third-order valence-electron chi connectivity index (χ3n) is 21.7. The molecule has 0 aliphatic rings. The van der Waals surface area contributed by atoms with E-state index in [4.69, 9.17) is 32.3 Å². The van der Waals surface area contributed by atoms with Gasteiger partial charge >= 0.3 is 33.6 Å². The smallest absolute Gasteiger partial charge is 0.463 e. The first-order chi connectivity index (χ1) is 59.2. The molecule has 0 aromatic carbocycles. The van der Waals surface area contributed by atoms with Crippen molar-refractivity contribution in [3.05, 3.63) is 122 Å². The van der Waals surface area contributed by atoms with Gasteiger partial charge in [-0.3, -0.25) is 32.5 Å². The summed E-state index contributed by atoms with van der Waals surface area (Å²) in [7, 11) is -9.79. The minimum Gasteiger partial charge on any atom is -0.463 e. The van der Waals surface area contributed by atoms with Gasteiger partial charge in [0.15, 0.2) is 6.10 Å². The number of unbranched alkanes of at least 4 members (excludes halogenated alkanes) is 52. The molecule has 0 aromatic rings. The fourth-order valence-corrected chi connectivity index (χ4v) is 15.8. The van der Waals surface area contributed by atoms with Crippen LogP contribution in [0.1, 0.15) is 457 Å². The number of phosphoric acid groups is 2. The predicted molar refractivity (Wildman–Crippen MR) is 510 cm³/mol. The summed E-state index contributed by atoms with van der Waals surface area (Å²) < 4.78 is 61.5. The van der Waals surface area contributed by atoms with Gasteiger partial charge in [-0.25, -0.2) is 9.13 Å². The van der Waals surface area contributed by atoms with Crippen molar-refractivity contribution < 1.29 is 75.8 Å². The Hall–Kier alpha value is -4.05.